The Morgan fingerprint density at radius 3 is 2.38 bits per heavy atom. The summed E-state index contributed by atoms with van der Waals surface area (Å²) in [6, 6.07) is 0.218. The topological polar surface area (TPSA) is 46.2 Å². The van der Waals surface area contributed by atoms with Crippen LogP contribution in [0, 0.1) is 0 Å². The summed E-state index contributed by atoms with van der Waals surface area (Å²) in [5.41, 5.74) is 0. The summed E-state index contributed by atoms with van der Waals surface area (Å²) in [6.07, 6.45) is 6.97. The molecule has 0 bridgehead atoms. The summed E-state index contributed by atoms with van der Waals surface area (Å²) in [5, 5.41) is 3.21. The minimum absolute atomic E-state index is 0.0308. The zero-order chi connectivity index (χ0) is 11.6. The van der Waals surface area contributed by atoms with E-state index in [-0.39, 0.29) is 16.5 Å². The van der Waals surface area contributed by atoms with Gasteiger partial charge >= 0.3 is 0 Å². The molecule has 2 unspecified atom stereocenters. The predicted molar refractivity (Wildman–Crippen MR) is 66.3 cm³/mol. The standard InChI is InChI=1S/C12H23NO2S/c1-2-13-11-8-5-9-12(11)16(14,15)10-6-3-4-7-10/h10-13H,2-9H2,1H3. The summed E-state index contributed by atoms with van der Waals surface area (Å²) < 4.78 is 25.0. The van der Waals surface area contributed by atoms with Crippen molar-refractivity contribution in [1.82, 2.24) is 5.32 Å². The smallest absolute Gasteiger partial charge is 0.157 e. The fraction of sp³-hybridized carbons (Fsp3) is 1.00. The van der Waals surface area contributed by atoms with E-state index in [0.717, 1.165) is 51.5 Å². The van der Waals surface area contributed by atoms with Crippen LogP contribution in [0.4, 0.5) is 0 Å². The highest BCUT2D eigenvalue weighted by Crippen LogP contribution is 2.34. The Kier molecular flexibility index (Phi) is 3.90. The molecule has 0 saturated heterocycles. The van der Waals surface area contributed by atoms with Gasteiger partial charge in [-0.3, -0.25) is 0 Å². The molecule has 94 valence electrons. The van der Waals surface area contributed by atoms with E-state index in [1.165, 1.54) is 0 Å². The highest BCUT2D eigenvalue weighted by atomic mass is 32.2. The molecule has 0 aromatic heterocycles. The molecule has 3 nitrogen and oxygen atoms in total. The maximum atomic E-state index is 12.5. The molecule has 0 spiro atoms. The van der Waals surface area contributed by atoms with Crippen LogP contribution in [0.1, 0.15) is 51.9 Å². The largest absolute Gasteiger partial charge is 0.313 e. The van der Waals surface area contributed by atoms with E-state index in [4.69, 9.17) is 0 Å². The van der Waals surface area contributed by atoms with E-state index in [0.29, 0.717) is 0 Å². The van der Waals surface area contributed by atoms with E-state index in [9.17, 15) is 8.42 Å². The molecule has 2 saturated carbocycles. The Bertz CT molecular complexity index is 320. The molecule has 0 radical (unpaired) electrons. The van der Waals surface area contributed by atoms with Crippen molar-refractivity contribution in [2.24, 2.45) is 0 Å². The van der Waals surface area contributed by atoms with Gasteiger partial charge in [-0.1, -0.05) is 26.2 Å². The Morgan fingerprint density at radius 1 is 1.06 bits per heavy atom. The van der Waals surface area contributed by atoms with Crippen LogP contribution < -0.4 is 5.32 Å². The van der Waals surface area contributed by atoms with Gasteiger partial charge in [-0.05, 0) is 32.2 Å². The zero-order valence-electron chi connectivity index (χ0n) is 10.1. The van der Waals surface area contributed by atoms with Gasteiger partial charge in [0.25, 0.3) is 0 Å². The summed E-state index contributed by atoms with van der Waals surface area (Å²) >= 11 is 0. The van der Waals surface area contributed by atoms with Crippen LogP contribution in [-0.4, -0.2) is 31.5 Å². The molecule has 0 aliphatic heterocycles. The first-order chi connectivity index (χ1) is 7.66. The summed E-state index contributed by atoms with van der Waals surface area (Å²) in [7, 11) is -2.87. The second-order valence-corrected chi connectivity index (χ2v) is 7.58. The SMILES string of the molecule is CCNC1CCCC1S(=O)(=O)C1CCCC1. The maximum Gasteiger partial charge on any atom is 0.157 e. The van der Waals surface area contributed by atoms with E-state index < -0.39 is 9.84 Å². The van der Waals surface area contributed by atoms with Crippen LogP contribution in [0.2, 0.25) is 0 Å². The molecule has 0 heterocycles. The summed E-state index contributed by atoms with van der Waals surface area (Å²) in [4.78, 5) is 0. The van der Waals surface area contributed by atoms with Gasteiger partial charge < -0.3 is 5.32 Å². The quantitative estimate of drug-likeness (QED) is 0.822. The molecule has 0 amide bonds. The molecule has 0 aromatic rings. The number of sulfone groups is 1. The Morgan fingerprint density at radius 2 is 1.75 bits per heavy atom. The van der Waals surface area contributed by atoms with Crippen molar-refractivity contribution >= 4 is 9.84 Å². The minimum Gasteiger partial charge on any atom is -0.313 e. The second-order valence-electron chi connectivity index (χ2n) is 5.13. The van der Waals surface area contributed by atoms with Crippen LogP contribution in [0.3, 0.4) is 0 Å². The van der Waals surface area contributed by atoms with Gasteiger partial charge in [0.05, 0.1) is 10.5 Å². The molecule has 2 fully saturated rings. The van der Waals surface area contributed by atoms with Gasteiger partial charge in [-0.2, -0.15) is 0 Å². The predicted octanol–water partition coefficient (Wildman–Crippen LogP) is 1.87. The molecule has 16 heavy (non-hydrogen) atoms. The normalized spacial score (nSPS) is 32.3. The molecule has 2 aliphatic rings. The third-order valence-electron chi connectivity index (χ3n) is 4.11. The Labute approximate surface area is 98.9 Å². The molecule has 2 aliphatic carbocycles. The summed E-state index contributed by atoms with van der Waals surface area (Å²) in [5.74, 6) is 0. The Hall–Kier alpha value is -0.0900. The number of rotatable bonds is 4. The fourth-order valence-corrected chi connectivity index (χ4v) is 5.95. The lowest BCUT2D eigenvalue weighted by Gasteiger charge is -2.23. The van der Waals surface area contributed by atoms with Crippen molar-refractivity contribution in [3.8, 4) is 0 Å². The number of nitrogens with one attached hydrogen (secondary N) is 1. The molecule has 0 aromatic carbocycles. The van der Waals surface area contributed by atoms with Crippen molar-refractivity contribution in [2.45, 2.75) is 68.4 Å². The van der Waals surface area contributed by atoms with Gasteiger partial charge in [0.15, 0.2) is 9.84 Å². The summed E-state index contributed by atoms with van der Waals surface area (Å²) in [6.45, 7) is 2.93. The number of hydrogen-bond acceptors (Lipinski definition) is 3. The van der Waals surface area contributed by atoms with Crippen molar-refractivity contribution in [3.05, 3.63) is 0 Å². The molecule has 4 heteroatoms. The first kappa shape index (κ1) is 12.4. The maximum absolute atomic E-state index is 12.5. The van der Waals surface area contributed by atoms with Gasteiger partial charge in [-0.15, -0.1) is 0 Å². The molecule has 2 atom stereocenters. The lowest BCUT2D eigenvalue weighted by atomic mass is 10.2. The lowest BCUT2D eigenvalue weighted by Crippen LogP contribution is -2.43. The monoisotopic (exact) mass is 245 g/mol. The van der Waals surface area contributed by atoms with E-state index >= 15 is 0 Å². The molecule has 2 rings (SSSR count). The Balaban J connectivity index is 2.09. The molecular formula is C12H23NO2S. The third-order valence-corrected chi connectivity index (χ3v) is 6.92. The fourth-order valence-electron chi connectivity index (χ4n) is 3.28. The molecule has 1 N–H and O–H groups in total. The minimum atomic E-state index is -2.87. The van der Waals surface area contributed by atoms with Crippen LogP contribution in [-0.2, 0) is 9.84 Å². The lowest BCUT2D eigenvalue weighted by molar-refractivity contribution is 0.509. The highest BCUT2D eigenvalue weighted by molar-refractivity contribution is 7.92. The first-order valence-corrected chi connectivity index (χ1v) is 8.23. The van der Waals surface area contributed by atoms with Crippen molar-refractivity contribution < 1.29 is 8.42 Å². The van der Waals surface area contributed by atoms with Crippen LogP contribution in [0.25, 0.3) is 0 Å². The first-order valence-electron chi connectivity index (χ1n) is 6.62. The van der Waals surface area contributed by atoms with E-state index in [1.54, 1.807) is 0 Å². The van der Waals surface area contributed by atoms with Gasteiger partial charge in [0.1, 0.15) is 0 Å². The third kappa shape index (κ3) is 2.28. The highest BCUT2D eigenvalue weighted by Gasteiger charge is 2.41. The van der Waals surface area contributed by atoms with Crippen LogP contribution in [0.15, 0.2) is 0 Å². The number of hydrogen-bond donors (Lipinski definition) is 1. The average molecular weight is 245 g/mol. The zero-order valence-corrected chi connectivity index (χ0v) is 10.9. The molecular weight excluding hydrogens is 222 g/mol. The van der Waals surface area contributed by atoms with Gasteiger partial charge in [-0.25, -0.2) is 8.42 Å². The van der Waals surface area contributed by atoms with E-state index in [2.05, 4.69) is 12.2 Å². The average Bonchev–Trinajstić information content (AvgIpc) is 2.88. The van der Waals surface area contributed by atoms with Crippen LogP contribution >= 0.6 is 0 Å². The van der Waals surface area contributed by atoms with Gasteiger partial charge in [0, 0.05) is 6.04 Å². The van der Waals surface area contributed by atoms with Gasteiger partial charge in [0.2, 0.25) is 0 Å². The van der Waals surface area contributed by atoms with Crippen molar-refractivity contribution in [2.75, 3.05) is 6.54 Å². The second kappa shape index (κ2) is 5.05. The van der Waals surface area contributed by atoms with Crippen molar-refractivity contribution in [1.29, 1.82) is 0 Å². The van der Waals surface area contributed by atoms with Crippen molar-refractivity contribution in [3.63, 3.8) is 0 Å². The van der Waals surface area contributed by atoms with E-state index in [1.807, 2.05) is 0 Å². The van der Waals surface area contributed by atoms with Crippen LogP contribution in [0.5, 0.6) is 0 Å².